The lowest BCUT2D eigenvalue weighted by molar-refractivity contribution is -0.125. The number of rotatable bonds is 5. The highest BCUT2D eigenvalue weighted by atomic mass is 19.1. The molecule has 0 radical (unpaired) electrons. The highest BCUT2D eigenvalue weighted by molar-refractivity contribution is 5.80. The summed E-state index contributed by atoms with van der Waals surface area (Å²) in [6.07, 6.45) is 3.74. The van der Waals surface area contributed by atoms with Crippen LogP contribution in [0.15, 0.2) is 35.1 Å². The van der Waals surface area contributed by atoms with Gasteiger partial charge in [-0.1, -0.05) is 5.16 Å². The molecule has 29 heavy (non-hydrogen) atoms. The summed E-state index contributed by atoms with van der Waals surface area (Å²) in [6.45, 7) is 4.80. The number of carbonyl (C=O) groups is 1. The van der Waals surface area contributed by atoms with E-state index in [0.29, 0.717) is 29.4 Å². The van der Waals surface area contributed by atoms with Gasteiger partial charge in [-0.25, -0.2) is 4.39 Å². The standard InChI is InChI=1S/C20H23FN6O2/c1-11-6-13(4-5-17(11)21)18-25-20(29-26-18)12(2)24-19(28)16-9-22-8-15(16)14-7-23-27(3)10-14/h4-7,10,12,15-16,22H,8-9H2,1-3H3,(H,24,28)/t12?,15-,16+/m1/s1. The summed E-state index contributed by atoms with van der Waals surface area (Å²) < 4.78 is 20.5. The van der Waals surface area contributed by atoms with Gasteiger partial charge in [0.15, 0.2) is 0 Å². The van der Waals surface area contributed by atoms with Gasteiger partial charge in [0.05, 0.1) is 12.1 Å². The number of aryl methyl sites for hydroxylation is 2. The Kier molecular flexibility index (Phi) is 5.14. The van der Waals surface area contributed by atoms with E-state index in [1.165, 1.54) is 6.07 Å². The molecule has 2 aromatic heterocycles. The lowest BCUT2D eigenvalue weighted by atomic mass is 9.90. The Balaban J connectivity index is 1.45. The van der Waals surface area contributed by atoms with Gasteiger partial charge in [-0.3, -0.25) is 9.48 Å². The van der Waals surface area contributed by atoms with E-state index in [0.717, 1.165) is 12.1 Å². The smallest absolute Gasteiger partial charge is 0.249 e. The van der Waals surface area contributed by atoms with Crippen LogP contribution in [0.5, 0.6) is 0 Å². The zero-order valence-corrected chi connectivity index (χ0v) is 16.5. The summed E-state index contributed by atoms with van der Waals surface area (Å²) in [5, 5.41) is 14.4. The van der Waals surface area contributed by atoms with E-state index in [4.69, 9.17) is 4.52 Å². The van der Waals surface area contributed by atoms with E-state index in [2.05, 4.69) is 25.9 Å². The molecule has 3 heterocycles. The Morgan fingerprint density at radius 3 is 2.97 bits per heavy atom. The van der Waals surface area contributed by atoms with Crippen LogP contribution in [0.3, 0.4) is 0 Å². The minimum atomic E-state index is -0.444. The van der Waals surface area contributed by atoms with Crippen molar-refractivity contribution in [2.24, 2.45) is 13.0 Å². The molecule has 2 N–H and O–H groups in total. The van der Waals surface area contributed by atoms with Gasteiger partial charge in [0.1, 0.15) is 11.9 Å². The van der Waals surface area contributed by atoms with Gasteiger partial charge in [0.25, 0.3) is 0 Å². The van der Waals surface area contributed by atoms with Crippen molar-refractivity contribution in [3.63, 3.8) is 0 Å². The molecule has 0 aliphatic carbocycles. The van der Waals surface area contributed by atoms with Gasteiger partial charge in [-0.15, -0.1) is 0 Å². The van der Waals surface area contributed by atoms with Crippen molar-refractivity contribution >= 4 is 5.91 Å². The van der Waals surface area contributed by atoms with Crippen molar-refractivity contribution in [3.05, 3.63) is 53.4 Å². The lowest BCUT2D eigenvalue weighted by Crippen LogP contribution is -2.36. The molecule has 3 aromatic rings. The molecule has 4 rings (SSSR count). The number of amides is 1. The van der Waals surface area contributed by atoms with Crippen molar-refractivity contribution in [1.29, 1.82) is 0 Å². The quantitative estimate of drug-likeness (QED) is 0.683. The summed E-state index contributed by atoms with van der Waals surface area (Å²) in [5.41, 5.74) is 2.21. The predicted octanol–water partition coefficient (Wildman–Crippen LogP) is 2.10. The van der Waals surface area contributed by atoms with Crippen LogP contribution in [0.4, 0.5) is 4.39 Å². The fourth-order valence-corrected chi connectivity index (χ4v) is 3.63. The van der Waals surface area contributed by atoms with Crippen LogP contribution in [0.25, 0.3) is 11.4 Å². The zero-order valence-electron chi connectivity index (χ0n) is 16.5. The first-order valence-electron chi connectivity index (χ1n) is 9.52. The first-order valence-corrected chi connectivity index (χ1v) is 9.52. The van der Waals surface area contributed by atoms with Gasteiger partial charge in [-0.05, 0) is 43.2 Å². The zero-order chi connectivity index (χ0) is 20.5. The van der Waals surface area contributed by atoms with Crippen LogP contribution in [0.2, 0.25) is 0 Å². The van der Waals surface area contributed by atoms with Crippen molar-refractivity contribution in [2.75, 3.05) is 13.1 Å². The van der Waals surface area contributed by atoms with Crippen molar-refractivity contribution < 1.29 is 13.7 Å². The maximum atomic E-state index is 13.5. The monoisotopic (exact) mass is 398 g/mol. The van der Waals surface area contributed by atoms with E-state index >= 15 is 0 Å². The number of carbonyl (C=O) groups excluding carboxylic acids is 1. The molecule has 0 saturated carbocycles. The third-order valence-electron chi connectivity index (χ3n) is 5.29. The fraction of sp³-hybridized carbons (Fsp3) is 0.400. The van der Waals surface area contributed by atoms with Crippen molar-refractivity contribution in [3.8, 4) is 11.4 Å². The summed E-state index contributed by atoms with van der Waals surface area (Å²) in [7, 11) is 1.86. The van der Waals surface area contributed by atoms with Gasteiger partial charge >= 0.3 is 0 Å². The molecule has 1 aromatic carbocycles. The first-order chi connectivity index (χ1) is 13.9. The topological polar surface area (TPSA) is 97.9 Å². The second-order valence-electron chi connectivity index (χ2n) is 7.47. The van der Waals surface area contributed by atoms with Gasteiger partial charge < -0.3 is 15.2 Å². The molecule has 1 aliphatic rings. The van der Waals surface area contributed by atoms with E-state index < -0.39 is 6.04 Å². The van der Waals surface area contributed by atoms with E-state index in [1.807, 2.05) is 13.2 Å². The molecule has 9 heteroatoms. The van der Waals surface area contributed by atoms with Crippen LogP contribution in [0, 0.1) is 18.7 Å². The summed E-state index contributed by atoms with van der Waals surface area (Å²) in [6, 6.07) is 4.19. The highest BCUT2D eigenvalue weighted by Gasteiger charge is 2.35. The summed E-state index contributed by atoms with van der Waals surface area (Å²) in [5.74, 6) is 0.166. The van der Waals surface area contributed by atoms with E-state index in [9.17, 15) is 9.18 Å². The summed E-state index contributed by atoms with van der Waals surface area (Å²) in [4.78, 5) is 17.2. The number of aromatic nitrogens is 4. The lowest BCUT2D eigenvalue weighted by Gasteiger charge is -2.18. The van der Waals surface area contributed by atoms with Crippen LogP contribution in [0.1, 0.15) is 35.9 Å². The van der Waals surface area contributed by atoms with Gasteiger partial charge in [0.2, 0.25) is 17.6 Å². The maximum Gasteiger partial charge on any atom is 0.249 e. The molecule has 3 atom stereocenters. The predicted molar refractivity (Wildman–Crippen MR) is 103 cm³/mol. The van der Waals surface area contributed by atoms with Crippen molar-refractivity contribution in [1.82, 2.24) is 30.6 Å². The normalized spacial score (nSPS) is 20.0. The highest BCUT2D eigenvalue weighted by Crippen LogP contribution is 2.29. The molecule has 1 unspecified atom stereocenters. The van der Waals surface area contributed by atoms with Crippen molar-refractivity contribution in [2.45, 2.75) is 25.8 Å². The minimum Gasteiger partial charge on any atom is -0.344 e. The summed E-state index contributed by atoms with van der Waals surface area (Å²) >= 11 is 0. The molecule has 1 amide bonds. The molecular formula is C20H23FN6O2. The maximum absolute atomic E-state index is 13.5. The number of hydrogen-bond acceptors (Lipinski definition) is 6. The second-order valence-corrected chi connectivity index (χ2v) is 7.47. The number of nitrogens with zero attached hydrogens (tertiary/aromatic N) is 4. The number of benzene rings is 1. The Morgan fingerprint density at radius 1 is 1.41 bits per heavy atom. The molecule has 1 aliphatic heterocycles. The Hall–Kier alpha value is -3.07. The molecule has 1 saturated heterocycles. The SMILES string of the molecule is Cc1cc(-c2noc(C(C)NC(=O)[C@H]3CNC[C@@H]3c3cnn(C)c3)n2)ccc1F. The largest absolute Gasteiger partial charge is 0.344 e. The third-order valence-corrected chi connectivity index (χ3v) is 5.29. The van der Waals surface area contributed by atoms with Gasteiger partial charge in [0, 0.05) is 37.8 Å². The Morgan fingerprint density at radius 2 is 2.24 bits per heavy atom. The number of hydrogen-bond donors (Lipinski definition) is 2. The fourth-order valence-electron chi connectivity index (χ4n) is 3.63. The van der Waals surface area contributed by atoms with Crippen LogP contribution in [-0.2, 0) is 11.8 Å². The van der Waals surface area contributed by atoms with Gasteiger partial charge in [-0.2, -0.15) is 10.1 Å². The van der Waals surface area contributed by atoms with Crippen LogP contribution < -0.4 is 10.6 Å². The molecule has 8 nitrogen and oxygen atoms in total. The average Bonchev–Trinajstić information content (AvgIpc) is 3.43. The van der Waals surface area contributed by atoms with Crippen LogP contribution in [-0.4, -0.2) is 38.9 Å². The molecule has 1 fully saturated rings. The number of halogens is 1. The van der Waals surface area contributed by atoms with E-state index in [1.54, 1.807) is 36.9 Å². The van der Waals surface area contributed by atoms with E-state index in [-0.39, 0.29) is 23.6 Å². The molecular weight excluding hydrogens is 375 g/mol. The molecule has 0 bridgehead atoms. The molecule has 152 valence electrons. The minimum absolute atomic E-state index is 0.0661. The Bertz CT molecular complexity index is 1030. The second kappa shape index (κ2) is 7.75. The average molecular weight is 398 g/mol. The first kappa shape index (κ1) is 19.3. The van der Waals surface area contributed by atoms with Crippen LogP contribution >= 0.6 is 0 Å². The Labute approximate surface area is 167 Å². The third kappa shape index (κ3) is 3.91. The number of nitrogens with one attached hydrogen (secondary N) is 2. The molecule has 0 spiro atoms.